The van der Waals surface area contributed by atoms with Crippen LogP contribution in [0.25, 0.3) is 33.5 Å². The van der Waals surface area contributed by atoms with Crippen LogP contribution in [0.4, 0.5) is 9.18 Å². The fourth-order valence-corrected chi connectivity index (χ4v) is 8.39. The molecule has 60 heavy (non-hydrogen) atoms. The zero-order valence-electron chi connectivity index (χ0n) is 37.3. The number of rotatable bonds is 17. The number of carbonyl (C=O) groups is 2. The number of amides is 1. The van der Waals surface area contributed by atoms with E-state index >= 15 is 4.39 Å². The van der Waals surface area contributed by atoms with E-state index in [1.54, 1.807) is 6.07 Å². The third kappa shape index (κ3) is 10.8. The highest BCUT2D eigenvalue weighted by molar-refractivity contribution is 6.76. The standard InChI is InChI=1S/C46H66FN5O7Si/c1-10-13-20-56-40-26-31(12-3)34(27-35(40)47)32-18-19-33-37(25-32)52(41-17-15-16-22-57-41)49-42(33)43-48-36-28-38(44(53)58-21-14-11-2)50(45(54)59-46(4,5)6)29-39(36)51(43)30-55-23-24-60(7,8)9/h18-19,25-27,38,41H,10-17,20-24,28-30H2,1-9H3/t38-,41?/m0/s1. The number of imidazole rings is 1. The third-order valence-corrected chi connectivity index (χ3v) is 12.8. The number of ether oxygens (including phenoxy) is 5. The number of esters is 1. The first-order chi connectivity index (χ1) is 28.6. The third-order valence-electron chi connectivity index (χ3n) is 11.1. The van der Waals surface area contributed by atoms with Crippen LogP contribution in [0.3, 0.4) is 0 Å². The molecular formula is C46H66FN5O7Si. The molecule has 0 aliphatic carbocycles. The van der Waals surface area contributed by atoms with Gasteiger partial charge < -0.3 is 28.3 Å². The molecule has 2 atom stereocenters. The quantitative estimate of drug-likeness (QED) is 0.0581. The first kappa shape index (κ1) is 45.3. The van der Waals surface area contributed by atoms with E-state index in [0.717, 1.165) is 84.3 Å². The van der Waals surface area contributed by atoms with Gasteiger partial charge in [-0.25, -0.2) is 23.6 Å². The molecule has 6 rings (SSSR count). The van der Waals surface area contributed by atoms with Crippen LogP contribution in [0.15, 0.2) is 30.3 Å². The monoisotopic (exact) mass is 847 g/mol. The van der Waals surface area contributed by atoms with Gasteiger partial charge in [0, 0.05) is 33.1 Å². The average molecular weight is 848 g/mol. The Morgan fingerprint density at radius 2 is 1.77 bits per heavy atom. The smallest absolute Gasteiger partial charge is 0.411 e. The number of halogens is 1. The summed E-state index contributed by atoms with van der Waals surface area (Å²) in [7, 11) is -1.41. The molecule has 14 heteroatoms. The lowest BCUT2D eigenvalue weighted by atomic mass is 9.96. The van der Waals surface area contributed by atoms with Crippen LogP contribution in [-0.4, -0.2) is 82.4 Å². The van der Waals surface area contributed by atoms with Crippen molar-refractivity contribution in [2.45, 2.75) is 156 Å². The molecule has 4 heterocycles. The van der Waals surface area contributed by atoms with Gasteiger partial charge in [-0.05, 0) is 106 Å². The normalized spacial score (nSPS) is 17.2. The fourth-order valence-electron chi connectivity index (χ4n) is 7.63. The Kier molecular flexibility index (Phi) is 14.8. The summed E-state index contributed by atoms with van der Waals surface area (Å²) < 4.78 is 49.7. The van der Waals surface area contributed by atoms with E-state index in [2.05, 4.69) is 39.6 Å². The molecule has 0 spiro atoms. The second kappa shape index (κ2) is 19.6. The van der Waals surface area contributed by atoms with E-state index in [9.17, 15) is 9.59 Å². The number of unbranched alkanes of at least 4 members (excludes halogenated alkanes) is 2. The number of benzene rings is 2. The number of aryl methyl sites for hydroxylation is 1. The van der Waals surface area contributed by atoms with Crippen LogP contribution in [0, 0.1) is 5.82 Å². The summed E-state index contributed by atoms with van der Waals surface area (Å²) in [5, 5.41) is 6.12. The van der Waals surface area contributed by atoms with Gasteiger partial charge in [0.2, 0.25) is 0 Å². The molecule has 0 N–H and O–H groups in total. The maximum Gasteiger partial charge on any atom is 0.411 e. The molecular weight excluding hydrogens is 782 g/mol. The molecule has 0 saturated carbocycles. The molecule has 2 aromatic carbocycles. The van der Waals surface area contributed by atoms with Gasteiger partial charge in [0.15, 0.2) is 23.6 Å². The lowest BCUT2D eigenvalue weighted by molar-refractivity contribution is -0.150. The second-order valence-electron chi connectivity index (χ2n) is 18.3. The Labute approximate surface area is 356 Å². The lowest BCUT2D eigenvalue weighted by Crippen LogP contribution is -2.51. The highest BCUT2D eigenvalue weighted by Gasteiger charge is 2.41. The SMILES string of the molecule is CCCCOC(=O)[C@@H]1Cc2nc(-c3nn(C4CCCCO4)c4cc(-c5cc(F)c(OCCCC)cc5CC)ccc34)n(COCC[Si](C)(C)C)c2CN1C(=O)OC(C)(C)C. The second-order valence-corrected chi connectivity index (χ2v) is 23.9. The predicted molar refractivity (Wildman–Crippen MR) is 234 cm³/mol. The summed E-state index contributed by atoms with van der Waals surface area (Å²) in [4.78, 5) is 34.2. The van der Waals surface area contributed by atoms with Crippen LogP contribution in [0.1, 0.15) is 110 Å². The molecule has 0 radical (unpaired) electrons. The number of hydrogen-bond donors (Lipinski definition) is 0. The Hall–Kier alpha value is -4.27. The highest BCUT2D eigenvalue weighted by Crippen LogP contribution is 2.39. The highest BCUT2D eigenvalue weighted by atomic mass is 28.3. The number of aromatic nitrogens is 4. The van der Waals surface area contributed by atoms with Crippen LogP contribution < -0.4 is 4.74 Å². The molecule has 1 fully saturated rings. The first-order valence-electron chi connectivity index (χ1n) is 22.0. The van der Waals surface area contributed by atoms with Gasteiger partial charge in [0.25, 0.3) is 0 Å². The summed E-state index contributed by atoms with van der Waals surface area (Å²) in [5.41, 5.74) is 4.74. The lowest BCUT2D eigenvalue weighted by Gasteiger charge is -2.35. The van der Waals surface area contributed by atoms with Crippen molar-refractivity contribution in [2.75, 3.05) is 26.4 Å². The molecule has 2 aliphatic heterocycles. The summed E-state index contributed by atoms with van der Waals surface area (Å²) in [5.74, 6) is -0.0311. The van der Waals surface area contributed by atoms with Crippen molar-refractivity contribution in [2.24, 2.45) is 0 Å². The van der Waals surface area contributed by atoms with Crippen LogP contribution in [-0.2, 0) is 49.9 Å². The van der Waals surface area contributed by atoms with E-state index in [-0.39, 0.29) is 38.3 Å². The Bertz CT molecular complexity index is 2110. The van der Waals surface area contributed by atoms with Gasteiger partial charge in [0.05, 0.1) is 36.7 Å². The van der Waals surface area contributed by atoms with Crippen LogP contribution in [0.2, 0.25) is 25.7 Å². The zero-order chi connectivity index (χ0) is 43.2. The van der Waals surface area contributed by atoms with E-state index in [1.165, 1.54) is 4.90 Å². The van der Waals surface area contributed by atoms with Crippen molar-refractivity contribution in [3.05, 3.63) is 53.1 Å². The largest absolute Gasteiger partial charge is 0.491 e. The zero-order valence-corrected chi connectivity index (χ0v) is 38.3. The number of nitrogens with zero attached hydrogens (tertiary/aromatic N) is 5. The maximum absolute atomic E-state index is 15.6. The van der Waals surface area contributed by atoms with Crippen molar-refractivity contribution >= 4 is 31.0 Å². The Balaban J connectivity index is 1.48. The molecule has 1 amide bonds. The van der Waals surface area contributed by atoms with Crippen LogP contribution >= 0.6 is 0 Å². The topological polar surface area (TPSA) is 119 Å². The van der Waals surface area contributed by atoms with Gasteiger partial charge in [-0.3, -0.25) is 4.90 Å². The summed E-state index contributed by atoms with van der Waals surface area (Å²) in [6, 6.07) is 9.57. The number of hydrogen-bond acceptors (Lipinski definition) is 9. The molecule has 4 aromatic rings. The van der Waals surface area contributed by atoms with Crippen molar-refractivity contribution in [3.63, 3.8) is 0 Å². The average Bonchev–Trinajstić information content (AvgIpc) is 3.76. The van der Waals surface area contributed by atoms with Crippen molar-refractivity contribution in [3.8, 4) is 28.4 Å². The van der Waals surface area contributed by atoms with Crippen molar-refractivity contribution in [1.82, 2.24) is 24.2 Å². The van der Waals surface area contributed by atoms with Crippen LogP contribution in [0.5, 0.6) is 5.75 Å². The van der Waals surface area contributed by atoms with Gasteiger partial charge in [0.1, 0.15) is 24.1 Å². The minimum atomic E-state index is -1.41. The van der Waals surface area contributed by atoms with Crippen molar-refractivity contribution in [1.29, 1.82) is 0 Å². The maximum atomic E-state index is 15.6. The number of fused-ring (bicyclic) bond motifs is 2. The van der Waals surface area contributed by atoms with Gasteiger partial charge >= 0.3 is 12.1 Å². The van der Waals surface area contributed by atoms with Gasteiger partial charge in [-0.15, -0.1) is 0 Å². The van der Waals surface area contributed by atoms with Gasteiger partial charge in [-0.2, -0.15) is 5.10 Å². The molecule has 1 unspecified atom stereocenters. The van der Waals surface area contributed by atoms with Crippen molar-refractivity contribution < 1.29 is 37.7 Å². The number of carbonyl (C=O) groups excluding carboxylic acids is 2. The van der Waals surface area contributed by atoms with E-state index in [1.807, 2.05) is 55.1 Å². The van der Waals surface area contributed by atoms with Gasteiger partial charge in [-0.1, -0.05) is 59.3 Å². The first-order valence-corrected chi connectivity index (χ1v) is 25.7. The van der Waals surface area contributed by atoms with E-state index in [0.29, 0.717) is 43.5 Å². The molecule has 1 saturated heterocycles. The minimum Gasteiger partial charge on any atom is -0.491 e. The molecule has 328 valence electrons. The molecule has 12 nitrogen and oxygen atoms in total. The summed E-state index contributed by atoms with van der Waals surface area (Å²) in [6.45, 7) is 20.7. The predicted octanol–water partition coefficient (Wildman–Crippen LogP) is 10.5. The summed E-state index contributed by atoms with van der Waals surface area (Å²) in [6.07, 6.45) is 6.11. The molecule has 2 aromatic heterocycles. The Morgan fingerprint density at radius 1 is 1.00 bits per heavy atom. The molecule has 0 bridgehead atoms. The molecule has 2 aliphatic rings. The van der Waals surface area contributed by atoms with E-state index < -0.39 is 37.6 Å². The summed E-state index contributed by atoms with van der Waals surface area (Å²) >= 11 is 0. The Morgan fingerprint density at radius 3 is 2.45 bits per heavy atom. The fraction of sp³-hybridized carbons (Fsp3) is 0.609. The minimum absolute atomic E-state index is 0.0697. The van der Waals surface area contributed by atoms with E-state index in [4.69, 9.17) is 33.8 Å².